The first-order valence-electron chi connectivity index (χ1n) is 11.6. The van der Waals surface area contributed by atoms with Gasteiger partial charge in [0.25, 0.3) is 0 Å². The number of carbonyl (C=O) groups excluding carboxylic acids is 1. The Morgan fingerprint density at radius 2 is 1.83 bits per heavy atom. The van der Waals surface area contributed by atoms with E-state index >= 15 is 4.39 Å². The van der Waals surface area contributed by atoms with Crippen LogP contribution in [0.4, 0.5) is 15.8 Å². The smallest absolute Gasteiger partial charge is 0.163 e. The van der Waals surface area contributed by atoms with Gasteiger partial charge >= 0.3 is 0 Å². The van der Waals surface area contributed by atoms with Crippen LogP contribution in [0.25, 0.3) is 0 Å². The lowest BCUT2D eigenvalue weighted by Crippen LogP contribution is -2.27. The minimum atomic E-state index is -0.609. The van der Waals surface area contributed by atoms with Crippen LogP contribution in [0.2, 0.25) is 0 Å². The van der Waals surface area contributed by atoms with Crippen LogP contribution in [0.3, 0.4) is 0 Å². The summed E-state index contributed by atoms with van der Waals surface area (Å²) >= 11 is 3.45. The van der Waals surface area contributed by atoms with Gasteiger partial charge in [0, 0.05) is 27.7 Å². The second-order valence-electron chi connectivity index (χ2n) is 8.68. The Morgan fingerprint density at radius 3 is 2.60 bits per heavy atom. The summed E-state index contributed by atoms with van der Waals surface area (Å²) in [4.78, 5) is 13.7. The zero-order valence-electron chi connectivity index (χ0n) is 19.5. The molecule has 7 heteroatoms. The maximum absolute atomic E-state index is 15.0. The van der Waals surface area contributed by atoms with Crippen LogP contribution < -0.4 is 20.1 Å². The van der Waals surface area contributed by atoms with Gasteiger partial charge in [0.1, 0.15) is 5.82 Å². The van der Waals surface area contributed by atoms with Gasteiger partial charge in [-0.2, -0.15) is 0 Å². The van der Waals surface area contributed by atoms with Gasteiger partial charge in [0.15, 0.2) is 17.3 Å². The van der Waals surface area contributed by atoms with Gasteiger partial charge in [0.2, 0.25) is 0 Å². The third-order valence-electron chi connectivity index (χ3n) is 6.54. The van der Waals surface area contributed by atoms with Crippen molar-refractivity contribution >= 4 is 33.1 Å². The van der Waals surface area contributed by atoms with E-state index < -0.39 is 6.04 Å². The summed E-state index contributed by atoms with van der Waals surface area (Å²) in [5.41, 5.74) is 4.49. The fourth-order valence-corrected chi connectivity index (χ4v) is 5.29. The number of allylic oxidation sites excluding steroid dienone is 1. The van der Waals surface area contributed by atoms with E-state index in [9.17, 15) is 4.79 Å². The van der Waals surface area contributed by atoms with Gasteiger partial charge in [-0.15, -0.1) is 0 Å². The molecule has 1 heterocycles. The summed E-state index contributed by atoms with van der Waals surface area (Å²) in [5.74, 6) is 0.907. The fraction of sp³-hybridized carbons (Fsp3) is 0.250. The van der Waals surface area contributed by atoms with Gasteiger partial charge < -0.3 is 20.1 Å². The van der Waals surface area contributed by atoms with Crippen molar-refractivity contribution in [2.24, 2.45) is 0 Å². The highest BCUT2D eigenvalue weighted by Crippen LogP contribution is 2.45. The van der Waals surface area contributed by atoms with Crippen molar-refractivity contribution < 1.29 is 18.7 Å². The van der Waals surface area contributed by atoms with Crippen molar-refractivity contribution in [1.29, 1.82) is 0 Å². The topological polar surface area (TPSA) is 59.6 Å². The first-order valence-corrected chi connectivity index (χ1v) is 12.4. The summed E-state index contributed by atoms with van der Waals surface area (Å²) < 4.78 is 27.0. The summed E-state index contributed by atoms with van der Waals surface area (Å²) in [6.45, 7) is 2.47. The zero-order chi connectivity index (χ0) is 24.5. The lowest BCUT2D eigenvalue weighted by Gasteiger charge is -2.30. The number of fused-ring (bicyclic) bond motifs is 1. The Labute approximate surface area is 212 Å². The van der Waals surface area contributed by atoms with Crippen molar-refractivity contribution in [3.05, 3.63) is 93.4 Å². The number of rotatable bonds is 5. The predicted octanol–water partition coefficient (Wildman–Crippen LogP) is 6.98. The normalized spacial score (nSPS) is 19.1. The second kappa shape index (κ2) is 9.74. The van der Waals surface area contributed by atoms with Crippen molar-refractivity contribution in [3.8, 4) is 11.5 Å². The van der Waals surface area contributed by atoms with E-state index in [2.05, 4.69) is 26.6 Å². The van der Waals surface area contributed by atoms with Crippen LogP contribution in [-0.2, 0) is 4.79 Å². The average molecular weight is 537 g/mol. The molecule has 2 aliphatic rings. The van der Waals surface area contributed by atoms with Crippen molar-refractivity contribution in [2.45, 2.75) is 31.7 Å². The van der Waals surface area contributed by atoms with E-state index in [1.807, 2.05) is 49.4 Å². The maximum atomic E-state index is 15.0. The summed E-state index contributed by atoms with van der Waals surface area (Å²) in [6, 6.07) is 17.8. The van der Waals surface area contributed by atoms with Gasteiger partial charge in [0.05, 0.1) is 31.1 Å². The quantitative estimate of drug-likeness (QED) is 0.368. The van der Waals surface area contributed by atoms with Gasteiger partial charge in [-0.3, -0.25) is 4.79 Å². The third kappa shape index (κ3) is 4.52. The van der Waals surface area contributed by atoms with E-state index in [1.165, 1.54) is 6.07 Å². The molecule has 0 spiro atoms. The number of ether oxygens (including phenoxy) is 2. The number of hydrogen-bond donors (Lipinski definition) is 2. The van der Waals surface area contributed by atoms with Gasteiger partial charge in [-0.1, -0.05) is 34.1 Å². The average Bonchev–Trinajstić information content (AvgIpc) is 3.02. The van der Waals surface area contributed by atoms with Crippen molar-refractivity contribution in [1.82, 2.24) is 0 Å². The molecular weight excluding hydrogens is 511 g/mol. The minimum Gasteiger partial charge on any atom is -0.493 e. The van der Waals surface area contributed by atoms with Crippen LogP contribution in [0.1, 0.15) is 42.9 Å². The van der Waals surface area contributed by atoms with Crippen LogP contribution in [-0.4, -0.2) is 19.5 Å². The fourth-order valence-electron chi connectivity index (χ4n) is 4.91. The molecule has 5 nitrogen and oxygen atoms in total. The Morgan fingerprint density at radius 1 is 1.03 bits per heavy atom. The summed E-state index contributed by atoms with van der Waals surface area (Å²) in [6.07, 6.45) is 0.933. The van der Waals surface area contributed by atoms with Gasteiger partial charge in [-0.05, 0) is 67.3 Å². The molecule has 0 fully saturated rings. The SMILES string of the molecule is CCOc1ccc(C2CC(=O)C3=C(C2)Nc2ccccc2NC3c2cc(Br)ccc2F)cc1OC. The number of hydrogen-bond acceptors (Lipinski definition) is 5. The zero-order valence-corrected chi connectivity index (χ0v) is 21.1. The Bertz CT molecular complexity index is 1320. The highest BCUT2D eigenvalue weighted by atomic mass is 79.9. The number of anilines is 2. The largest absolute Gasteiger partial charge is 0.493 e. The molecule has 2 atom stereocenters. The first-order chi connectivity index (χ1) is 17.0. The molecule has 5 rings (SSSR count). The molecule has 0 radical (unpaired) electrons. The number of methoxy groups -OCH3 is 1. The summed E-state index contributed by atoms with van der Waals surface area (Å²) in [7, 11) is 1.61. The number of nitrogens with one attached hydrogen (secondary N) is 2. The number of Topliss-reactive ketones (excluding diaryl/α,β-unsaturated/α-hetero) is 1. The highest BCUT2D eigenvalue weighted by molar-refractivity contribution is 9.10. The molecule has 2 N–H and O–H groups in total. The molecule has 1 aliphatic heterocycles. The van der Waals surface area contributed by atoms with Crippen LogP contribution in [0, 0.1) is 5.82 Å². The maximum Gasteiger partial charge on any atom is 0.163 e. The van der Waals surface area contributed by atoms with E-state index in [-0.39, 0.29) is 17.5 Å². The Balaban J connectivity index is 1.58. The van der Waals surface area contributed by atoms with Gasteiger partial charge in [-0.25, -0.2) is 4.39 Å². The lowest BCUT2D eigenvalue weighted by atomic mass is 9.78. The van der Waals surface area contributed by atoms with Crippen LogP contribution in [0.15, 0.2) is 76.4 Å². The Kier molecular flexibility index (Phi) is 6.52. The number of benzene rings is 3. The van der Waals surface area contributed by atoms with Crippen molar-refractivity contribution in [2.75, 3.05) is 24.4 Å². The molecule has 2 unspecified atom stereocenters. The predicted molar refractivity (Wildman–Crippen MR) is 139 cm³/mol. The van der Waals surface area contributed by atoms with E-state index in [0.717, 1.165) is 27.1 Å². The molecule has 0 aromatic heterocycles. The molecule has 3 aromatic rings. The minimum absolute atomic E-state index is 0.0127. The molecule has 0 bridgehead atoms. The molecule has 1 aliphatic carbocycles. The van der Waals surface area contributed by atoms with Crippen LogP contribution >= 0.6 is 15.9 Å². The first kappa shape index (κ1) is 23.4. The highest BCUT2D eigenvalue weighted by Gasteiger charge is 2.37. The molecule has 180 valence electrons. The molecule has 0 saturated carbocycles. The number of halogens is 2. The molecule has 3 aromatic carbocycles. The van der Waals surface area contributed by atoms with Crippen molar-refractivity contribution in [3.63, 3.8) is 0 Å². The standard InChI is InChI=1S/C28H26BrFN2O3/c1-3-35-25-11-8-16(14-26(25)34-2)17-12-23-27(24(33)13-17)28(19-15-18(29)9-10-20(19)30)32-22-7-5-4-6-21(22)31-23/h4-11,14-15,17,28,31-32H,3,12-13H2,1-2H3. The Hall–Kier alpha value is -3.32. The number of ketones is 1. The van der Waals surface area contributed by atoms with E-state index in [1.54, 1.807) is 19.2 Å². The second-order valence-corrected chi connectivity index (χ2v) is 9.59. The number of carbonyl (C=O) groups is 1. The molecular formula is C28H26BrFN2O3. The molecule has 35 heavy (non-hydrogen) atoms. The van der Waals surface area contributed by atoms with E-state index in [4.69, 9.17) is 9.47 Å². The third-order valence-corrected chi connectivity index (χ3v) is 7.03. The lowest BCUT2D eigenvalue weighted by molar-refractivity contribution is -0.116. The molecule has 0 saturated heterocycles. The molecule has 0 amide bonds. The summed E-state index contributed by atoms with van der Waals surface area (Å²) in [5, 5.41) is 6.92. The van der Waals surface area contributed by atoms with Crippen LogP contribution in [0.5, 0.6) is 11.5 Å². The monoisotopic (exact) mass is 536 g/mol. The van der Waals surface area contributed by atoms with E-state index in [0.29, 0.717) is 42.1 Å². The number of para-hydroxylation sites is 2.